The summed E-state index contributed by atoms with van der Waals surface area (Å²) in [5.41, 5.74) is 2.33. The summed E-state index contributed by atoms with van der Waals surface area (Å²) in [5.74, 6) is 0. The largest absolute Gasteiger partial charge is 0.504 e. The van der Waals surface area contributed by atoms with Gasteiger partial charge >= 0.3 is 7.12 Å². The van der Waals surface area contributed by atoms with Crippen LogP contribution in [0.5, 0.6) is 0 Å². The first-order valence-corrected chi connectivity index (χ1v) is 3.79. The Hall–Kier alpha value is -1.13. The minimum Gasteiger partial charge on any atom is -0.422 e. The van der Waals surface area contributed by atoms with E-state index in [1.165, 1.54) is 0 Å². The molecule has 2 N–H and O–H groups in total. The van der Waals surface area contributed by atoms with Gasteiger partial charge in [-0.2, -0.15) is 0 Å². The number of benzene rings is 1. The molecule has 1 aromatic rings. The number of hydrogen-bond acceptors (Lipinski definition) is 3. The van der Waals surface area contributed by atoms with Crippen LogP contribution in [0.25, 0.3) is 0 Å². The lowest BCUT2D eigenvalue weighted by atomic mass is 9.81. The van der Waals surface area contributed by atoms with Crippen molar-refractivity contribution in [1.29, 1.82) is 0 Å². The third-order valence-electron chi connectivity index (χ3n) is 1.93. The van der Waals surface area contributed by atoms with Gasteiger partial charge in [-0.05, 0) is 11.6 Å². The van der Waals surface area contributed by atoms with Crippen LogP contribution in [-0.4, -0.2) is 22.8 Å². The summed E-state index contributed by atoms with van der Waals surface area (Å²) in [6.45, 7) is 0. The molecule has 3 nitrogen and oxygen atoms in total. The average Bonchev–Trinajstić information content (AvgIpc) is 2.46. The summed E-state index contributed by atoms with van der Waals surface area (Å²) < 4.78 is 0. The summed E-state index contributed by atoms with van der Waals surface area (Å²) in [6.07, 6.45) is 0.549. The molecule has 1 heterocycles. The molecule has 0 amide bonds. The third-order valence-corrected chi connectivity index (χ3v) is 1.93. The third kappa shape index (κ3) is 1.15. The van der Waals surface area contributed by atoms with E-state index in [0.717, 1.165) is 11.3 Å². The predicted molar refractivity (Wildman–Crippen MR) is 47.4 cm³/mol. The Morgan fingerprint density at radius 1 is 1.25 bits per heavy atom. The Labute approximate surface area is 70.5 Å². The standard InChI is InChI=1S/C8H8BNO2/c11-9(12)8-5-6-3-1-2-4-7(6)10-8/h1-4,11-12H,5H2. The van der Waals surface area contributed by atoms with Gasteiger partial charge in [0.05, 0.1) is 11.3 Å². The fourth-order valence-corrected chi connectivity index (χ4v) is 1.31. The normalized spacial score (nSPS) is 14.0. The van der Waals surface area contributed by atoms with Gasteiger partial charge < -0.3 is 10.0 Å². The molecule has 0 aromatic heterocycles. The van der Waals surface area contributed by atoms with Gasteiger partial charge in [-0.15, -0.1) is 0 Å². The van der Waals surface area contributed by atoms with Crippen molar-refractivity contribution in [1.82, 2.24) is 0 Å². The van der Waals surface area contributed by atoms with E-state index in [9.17, 15) is 0 Å². The van der Waals surface area contributed by atoms with Crippen molar-refractivity contribution in [2.75, 3.05) is 0 Å². The van der Waals surface area contributed by atoms with Crippen molar-refractivity contribution in [3.05, 3.63) is 29.8 Å². The molecule has 60 valence electrons. The maximum absolute atomic E-state index is 8.85. The summed E-state index contributed by atoms with van der Waals surface area (Å²) in [7, 11) is -1.42. The number of hydrogen-bond donors (Lipinski definition) is 2. The van der Waals surface area contributed by atoms with Gasteiger partial charge in [0.15, 0.2) is 0 Å². The quantitative estimate of drug-likeness (QED) is 0.583. The fraction of sp³-hybridized carbons (Fsp3) is 0.125. The van der Waals surface area contributed by atoms with E-state index < -0.39 is 7.12 Å². The Morgan fingerprint density at radius 3 is 2.67 bits per heavy atom. The monoisotopic (exact) mass is 161 g/mol. The molecule has 0 unspecified atom stereocenters. The summed E-state index contributed by atoms with van der Waals surface area (Å²) in [5, 5.41) is 17.7. The number of rotatable bonds is 1. The molecule has 0 spiro atoms. The molecule has 0 atom stereocenters. The molecular weight excluding hydrogens is 153 g/mol. The van der Waals surface area contributed by atoms with Crippen LogP contribution in [0.3, 0.4) is 0 Å². The van der Waals surface area contributed by atoms with E-state index in [4.69, 9.17) is 10.0 Å². The van der Waals surface area contributed by atoms with Crippen molar-refractivity contribution in [3.63, 3.8) is 0 Å². The highest BCUT2D eigenvalue weighted by Crippen LogP contribution is 2.25. The molecule has 2 rings (SSSR count). The van der Waals surface area contributed by atoms with Crippen LogP contribution in [0.2, 0.25) is 0 Å². The molecular formula is C8H8BNO2. The highest BCUT2D eigenvalue weighted by atomic mass is 16.4. The van der Waals surface area contributed by atoms with Crippen molar-refractivity contribution < 1.29 is 10.0 Å². The molecule has 0 fully saturated rings. The van der Waals surface area contributed by atoms with Crippen molar-refractivity contribution in [2.45, 2.75) is 6.42 Å². The van der Waals surface area contributed by atoms with Crippen molar-refractivity contribution in [2.24, 2.45) is 4.99 Å². The minimum atomic E-state index is -1.42. The molecule has 0 saturated carbocycles. The average molecular weight is 161 g/mol. The van der Waals surface area contributed by atoms with Gasteiger partial charge in [-0.25, -0.2) is 0 Å². The Kier molecular flexibility index (Phi) is 1.71. The highest BCUT2D eigenvalue weighted by molar-refractivity contribution is 6.80. The predicted octanol–water partition coefficient (Wildman–Crippen LogP) is 0.327. The van der Waals surface area contributed by atoms with E-state index in [-0.39, 0.29) is 0 Å². The van der Waals surface area contributed by atoms with Crippen LogP contribution in [0, 0.1) is 0 Å². The van der Waals surface area contributed by atoms with Crippen molar-refractivity contribution in [3.8, 4) is 0 Å². The maximum Gasteiger partial charge on any atom is 0.504 e. The van der Waals surface area contributed by atoms with E-state index >= 15 is 0 Å². The minimum absolute atomic E-state index is 0.427. The lowest BCUT2D eigenvalue weighted by Gasteiger charge is -1.94. The number of aliphatic imine (C=N–C) groups is 1. The fourth-order valence-electron chi connectivity index (χ4n) is 1.31. The summed E-state index contributed by atoms with van der Waals surface area (Å²) in [6, 6.07) is 7.61. The van der Waals surface area contributed by atoms with Crippen molar-refractivity contribution >= 4 is 18.4 Å². The van der Waals surface area contributed by atoms with Gasteiger partial charge in [-0.3, -0.25) is 4.99 Å². The van der Waals surface area contributed by atoms with Gasteiger partial charge in [-0.1, -0.05) is 18.2 Å². The maximum atomic E-state index is 8.85. The molecule has 0 saturated heterocycles. The van der Waals surface area contributed by atoms with E-state index in [1.54, 1.807) is 0 Å². The second-order valence-electron chi connectivity index (χ2n) is 2.78. The van der Waals surface area contributed by atoms with Gasteiger partial charge in [0, 0.05) is 6.42 Å². The van der Waals surface area contributed by atoms with Gasteiger partial charge in [0.2, 0.25) is 0 Å². The Morgan fingerprint density at radius 2 is 2.00 bits per heavy atom. The van der Waals surface area contributed by atoms with Crippen LogP contribution in [0.4, 0.5) is 5.69 Å². The van der Waals surface area contributed by atoms with Crippen LogP contribution in [-0.2, 0) is 6.42 Å². The smallest absolute Gasteiger partial charge is 0.422 e. The molecule has 1 aromatic carbocycles. The number of fused-ring (bicyclic) bond motifs is 1. The highest BCUT2D eigenvalue weighted by Gasteiger charge is 2.23. The SMILES string of the molecule is OB(O)C1=Nc2ccccc2C1. The van der Waals surface area contributed by atoms with Crippen LogP contribution in [0.15, 0.2) is 29.3 Å². The molecule has 0 aliphatic carbocycles. The molecule has 1 aliphatic rings. The van der Waals surface area contributed by atoms with E-state index in [2.05, 4.69) is 4.99 Å². The summed E-state index contributed by atoms with van der Waals surface area (Å²) >= 11 is 0. The first-order valence-electron chi connectivity index (χ1n) is 3.79. The van der Waals surface area contributed by atoms with Gasteiger partial charge in [0.25, 0.3) is 0 Å². The lowest BCUT2D eigenvalue weighted by molar-refractivity contribution is 0.429. The zero-order valence-corrected chi connectivity index (χ0v) is 6.44. The van der Waals surface area contributed by atoms with E-state index in [0.29, 0.717) is 12.0 Å². The Bertz CT molecular complexity index is 336. The van der Waals surface area contributed by atoms with Crippen LogP contribution >= 0.6 is 0 Å². The molecule has 0 radical (unpaired) electrons. The van der Waals surface area contributed by atoms with Crippen LogP contribution in [0.1, 0.15) is 5.56 Å². The zero-order chi connectivity index (χ0) is 8.55. The molecule has 1 aliphatic heterocycles. The Balaban J connectivity index is 2.35. The molecule has 0 bridgehead atoms. The summed E-state index contributed by atoms with van der Waals surface area (Å²) in [4.78, 5) is 4.07. The van der Waals surface area contributed by atoms with E-state index in [1.807, 2.05) is 24.3 Å². The van der Waals surface area contributed by atoms with Gasteiger partial charge in [0.1, 0.15) is 0 Å². The second kappa shape index (κ2) is 2.73. The first kappa shape index (κ1) is 7.52. The first-order chi connectivity index (χ1) is 5.77. The zero-order valence-electron chi connectivity index (χ0n) is 6.44. The number of nitrogens with zero attached hydrogens (tertiary/aromatic N) is 1. The molecule has 12 heavy (non-hydrogen) atoms. The number of para-hydroxylation sites is 1. The topological polar surface area (TPSA) is 52.8 Å². The molecule has 4 heteroatoms. The lowest BCUT2D eigenvalue weighted by Crippen LogP contribution is -2.25. The van der Waals surface area contributed by atoms with Crippen LogP contribution < -0.4 is 0 Å². The second-order valence-corrected chi connectivity index (χ2v) is 2.78.